The fourth-order valence-electron chi connectivity index (χ4n) is 4.09. The van der Waals surface area contributed by atoms with Gasteiger partial charge in [0.1, 0.15) is 4.88 Å². The van der Waals surface area contributed by atoms with Crippen LogP contribution in [0.25, 0.3) is 0 Å². The first-order valence-corrected chi connectivity index (χ1v) is 12.4. The largest absolute Gasteiger partial charge is 0.451 e. The van der Waals surface area contributed by atoms with Crippen molar-refractivity contribution < 1.29 is 22.7 Å². The van der Waals surface area contributed by atoms with Crippen LogP contribution >= 0.6 is 11.3 Å². The Bertz CT molecular complexity index is 817. The van der Waals surface area contributed by atoms with Gasteiger partial charge < -0.3 is 9.64 Å². The number of amides is 1. The number of aryl methyl sites for hydroxylation is 2. The van der Waals surface area contributed by atoms with Gasteiger partial charge in [0.15, 0.2) is 16.4 Å². The van der Waals surface area contributed by atoms with Crippen LogP contribution in [0.4, 0.5) is 0 Å². The highest BCUT2D eigenvalue weighted by atomic mass is 32.2. The Morgan fingerprint density at radius 3 is 2.59 bits per heavy atom. The normalized spacial score (nSPS) is 24.1. The van der Waals surface area contributed by atoms with Crippen molar-refractivity contribution in [2.24, 2.45) is 0 Å². The summed E-state index contributed by atoms with van der Waals surface area (Å²) in [6.07, 6.45) is 7.82. The second kappa shape index (κ2) is 7.54. The molecular weight excluding hydrogens is 386 g/mol. The van der Waals surface area contributed by atoms with Gasteiger partial charge in [0.05, 0.1) is 11.5 Å². The molecule has 0 spiro atoms. The number of thiophene rings is 1. The molecule has 1 aromatic rings. The van der Waals surface area contributed by atoms with Gasteiger partial charge in [-0.05, 0) is 56.6 Å². The van der Waals surface area contributed by atoms with E-state index in [9.17, 15) is 18.0 Å². The van der Waals surface area contributed by atoms with Crippen LogP contribution in [-0.4, -0.2) is 55.4 Å². The van der Waals surface area contributed by atoms with Gasteiger partial charge in [-0.15, -0.1) is 11.3 Å². The molecular formula is C19H25NO5S2. The van der Waals surface area contributed by atoms with Gasteiger partial charge in [-0.2, -0.15) is 0 Å². The number of rotatable bonds is 5. The van der Waals surface area contributed by atoms with Crippen LogP contribution in [0.3, 0.4) is 0 Å². The summed E-state index contributed by atoms with van der Waals surface area (Å²) in [7, 11) is -3.06. The van der Waals surface area contributed by atoms with Gasteiger partial charge in [0.2, 0.25) is 0 Å². The van der Waals surface area contributed by atoms with E-state index in [1.807, 2.05) is 6.07 Å². The molecule has 8 heteroatoms. The van der Waals surface area contributed by atoms with E-state index in [4.69, 9.17) is 4.74 Å². The Balaban J connectivity index is 1.37. The molecule has 0 radical (unpaired) electrons. The minimum absolute atomic E-state index is 0.0286. The minimum atomic E-state index is -3.06. The molecule has 6 nitrogen and oxygen atoms in total. The molecule has 1 atom stereocenters. The molecule has 0 bridgehead atoms. The van der Waals surface area contributed by atoms with Crippen molar-refractivity contribution in [3.8, 4) is 0 Å². The highest BCUT2D eigenvalue weighted by Crippen LogP contribution is 2.33. The summed E-state index contributed by atoms with van der Waals surface area (Å²) in [5.41, 5.74) is 1.24. The summed E-state index contributed by atoms with van der Waals surface area (Å²) < 4.78 is 28.8. The first-order chi connectivity index (χ1) is 12.9. The van der Waals surface area contributed by atoms with Crippen molar-refractivity contribution >= 4 is 33.1 Å². The summed E-state index contributed by atoms with van der Waals surface area (Å²) in [6, 6.07) is 1.75. The van der Waals surface area contributed by atoms with Gasteiger partial charge in [0.25, 0.3) is 5.91 Å². The summed E-state index contributed by atoms with van der Waals surface area (Å²) in [6.45, 7) is -0.311. The van der Waals surface area contributed by atoms with Crippen LogP contribution in [0.2, 0.25) is 0 Å². The van der Waals surface area contributed by atoms with Gasteiger partial charge >= 0.3 is 5.97 Å². The maximum atomic E-state index is 12.7. The highest BCUT2D eigenvalue weighted by molar-refractivity contribution is 7.91. The number of sulfone groups is 1. The SMILES string of the molecule is O=C(OCC(=O)N(C1CC1)[C@@H]1CCS(=O)(=O)C1)c1cc2c(s1)CCCCC2. The molecule has 1 amide bonds. The molecule has 0 unspecified atom stereocenters. The van der Waals surface area contributed by atoms with Crippen LogP contribution in [-0.2, 0) is 32.2 Å². The van der Waals surface area contributed by atoms with Crippen molar-refractivity contribution in [3.63, 3.8) is 0 Å². The number of hydrogen-bond donors (Lipinski definition) is 0. The molecule has 0 N–H and O–H groups in total. The number of nitrogens with zero attached hydrogens (tertiary/aromatic N) is 1. The monoisotopic (exact) mass is 411 g/mol. The zero-order chi connectivity index (χ0) is 19.0. The molecule has 4 rings (SSSR count). The molecule has 2 aliphatic carbocycles. The van der Waals surface area contributed by atoms with Gasteiger partial charge in [-0.1, -0.05) is 6.42 Å². The van der Waals surface area contributed by atoms with Crippen LogP contribution < -0.4 is 0 Å². The topological polar surface area (TPSA) is 80.8 Å². The van der Waals surface area contributed by atoms with E-state index >= 15 is 0 Å². The number of ether oxygens (including phenoxy) is 1. The van der Waals surface area contributed by atoms with Gasteiger partial charge in [0, 0.05) is 17.0 Å². The second-order valence-corrected chi connectivity index (χ2v) is 11.2. The number of fused-ring (bicyclic) bond motifs is 1. The van der Waals surface area contributed by atoms with Crippen LogP contribution in [0.1, 0.15) is 58.6 Å². The maximum absolute atomic E-state index is 12.7. The third-order valence-corrected chi connectivity index (χ3v) is 8.57. The van der Waals surface area contributed by atoms with Gasteiger partial charge in [-0.3, -0.25) is 4.79 Å². The smallest absolute Gasteiger partial charge is 0.348 e. The van der Waals surface area contributed by atoms with E-state index in [-0.39, 0.29) is 36.1 Å². The van der Waals surface area contributed by atoms with E-state index in [1.165, 1.54) is 28.2 Å². The van der Waals surface area contributed by atoms with Crippen LogP contribution in [0.15, 0.2) is 6.07 Å². The predicted molar refractivity (Wildman–Crippen MR) is 103 cm³/mol. The average Bonchev–Trinajstić information content (AvgIpc) is 3.33. The highest BCUT2D eigenvalue weighted by Gasteiger charge is 2.42. The standard InChI is InChI=1S/C19H25NO5S2/c21-18(20(14-6-7-14)15-8-9-27(23,24)12-15)11-25-19(22)17-10-13-4-2-1-3-5-16(13)26-17/h10,14-15H,1-9,11-12H2/t15-/m1/s1. The second-order valence-electron chi connectivity index (χ2n) is 7.78. The summed E-state index contributed by atoms with van der Waals surface area (Å²) in [5.74, 6) is -0.558. The lowest BCUT2D eigenvalue weighted by Crippen LogP contribution is -2.44. The van der Waals surface area contributed by atoms with Crippen molar-refractivity contribution in [2.75, 3.05) is 18.1 Å². The number of hydrogen-bond acceptors (Lipinski definition) is 6. The molecule has 27 heavy (non-hydrogen) atoms. The summed E-state index contributed by atoms with van der Waals surface area (Å²) in [4.78, 5) is 28.6. The molecule has 2 heterocycles. The fraction of sp³-hybridized carbons (Fsp3) is 0.684. The third-order valence-electron chi connectivity index (χ3n) is 5.60. The molecule has 1 aliphatic heterocycles. The number of esters is 1. The lowest BCUT2D eigenvalue weighted by atomic mass is 10.1. The van der Waals surface area contributed by atoms with E-state index in [2.05, 4.69) is 0 Å². The summed E-state index contributed by atoms with van der Waals surface area (Å²) >= 11 is 1.48. The molecule has 0 aromatic carbocycles. The van der Waals surface area contributed by atoms with E-state index in [0.717, 1.165) is 38.5 Å². The molecule has 3 aliphatic rings. The first-order valence-electron chi connectivity index (χ1n) is 9.73. The summed E-state index contributed by atoms with van der Waals surface area (Å²) in [5, 5.41) is 0. The lowest BCUT2D eigenvalue weighted by Gasteiger charge is -2.28. The van der Waals surface area contributed by atoms with Crippen molar-refractivity contribution in [1.82, 2.24) is 4.90 Å². The van der Waals surface area contributed by atoms with Crippen molar-refractivity contribution in [2.45, 2.75) is 63.5 Å². The van der Waals surface area contributed by atoms with Crippen LogP contribution in [0.5, 0.6) is 0 Å². The van der Waals surface area contributed by atoms with Crippen molar-refractivity contribution in [3.05, 3.63) is 21.4 Å². The Labute approximate surface area is 163 Å². The molecule has 1 saturated heterocycles. The number of carbonyl (C=O) groups excluding carboxylic acids is 2. The predicted octanol–water partition coefficient (Wildman–Crippen LogP) is 2.35. The Morgan fingerprint density at radius 2 is 1.89 bits per heavy atom. The zero-order valence-corrected chi connectivity index (χ0v) is 16.9. The fourth-order valence-corrected chi connectivity index (χ4v) is 6.95. The first kappa shape index (κ1) is 18.9. The van der Waals surface area contributed by atoms with Crippen molar-refractivity contribution in [1.29, 1.82) is 0 Å². The number of carbonyl (C=O) groups is 2. The van der Waals surface area contributed by atoms with Gasteiger partial charge in [-0.25, -0.2) is 13.2 Å². The van der Waals surface area contributed by atoms with E-state index in [1.54, 1.807) is 4.90 Å². The van der Waals surface area contributed by atoms with E-state index in [0.29, 0.717) is 11.3 Å². The average molecular weight is 412 g/mol. The molecule has 2 fully saturated rings. The minimum Gasteiger partial charge on any atom is -0.451 e. The van der Waals surface area contributed by atoms with Crippen LogP contribution in [0, 0.1) is 0 Å². The maximum Gasteiger partial charge on any atom is 0.348 e. The zero-order valence-electron chi connectivity index (χ0n) is 15.3. The molecule has 148 valence electrons. The lowest BCUT2D eigenvalue weighted by molar-refractivity contribution is -0.137. The quantitative estimate of drug-likeness (QED) is 0.549. The Hall–Kier alpha value is -1.41. The molecule has 1 saturated carbocycles. The Morgan fingerprint density at radius 1 is 1.11 bits per heavy atom. The Kier molecular flexibility index (Phi) is 5.29. The van der Waals surface area contributed by atoms with E-state index < -0.39 is 15.8 Å². The molecule has 1 aromatic heterocycles. The third kappa shape index (κ3) is 4.37.